The quantitative estimate of drug-likeness (QED) is 0.0124. The molecule has 3 aliphatic heterocycles. The molecule has 11 atom stereocenters. The fourth-order valence-electron chi connectivity index (χ4n) is 12.2. The summed E-state index contributed by atoms with van der Waals surface area (Å²) in [6.07, 6.45) is -9.36. The first-order chi connectivity index (χ1) is 52.4. The Bertz CT molecular complexity index is 4970. The summed E-state index contributed by atoms with van der Waals surface area (Å²) in [6, 6.07) is 37.5. The second-order valence-electron chi connectivity index (χ2n) is 25.6. The topological polar surface area (TPSA) is 429 Å². The Balaban J connectivity index is 0.949. The fraction of sp³-hybridized carbons (Fsp3) is 0.403. The molecule has 2 unspecified atom stereocenters. The zero-order valence-electron chi connectivity index (χ0n) is 59.8. The predicted octanol–water partition coefficient (Wildman–Crippen LogP) is 9.56. The number of carbonyl (C=O) groups is 4. The molecule has 4 N–H and O–H groups in total. The molecule has 0 spiro atoms. The first kappa shape index (κ1) is 80.3. The largest absolute Gasteiger partial charge is 0.497 e. The van der Waals surface area contributed by atoms with Gasteiger partial charge in [0, 0.05) is 79.5 Å². The maximum absolute atomic E-state index is 16.1. The number of nitriles is 2. The number of anilines is 2. The summed E-state index contributed by atoms with van der Waals surface area (Å²) in [5.74, 6) is -2.16. The van der Waals surface area contributed by atoms with Crippen molar-refractivity contribution in [3.8, 4) is 23.6 Å². The van der Waals surface area contributed by atoms with Gasteiger partial charge >= 0.3 is 30.9 Å². The van der Waals surface area contributed by atoms with Crippen molar-refractivity contribution in [2.24, 2.45) is 5.92 Å². The standard InChI is InChI=1S/C72H78N12O21P2S2/c1-43(2)65(87)79-69-78-64-63(68(90)80-69)75-42-84(64)61-37-54(105-106(93,108-33-13-30-73)98-40-56-52(103-62(86)28-19-45(4)85)35-60(101-56)83-38-44(3)66(88)81-71(83)92)57(102-61)41-99-107(94,109-34-14-31-74)104-53-36-59(82-32-29-58(77-70(82)91)76-67(89)46-15-9-7-10-16-46)100-55(53)39-97-72(47-17-11-8-12-18-47,48-20-24-50(95-5)25-21-48)49-22-26-51(96-6)27-23-49/h7-12,15-18,20-27,29,32,38,42-43,52-57,59-61H,13-14,19,28,33-37,39-41H2,1-6H3,(H,81,88,92)(H,76,77,89,91)(H2,78,79,80,87,90)/t52-,53-,54-,55+,56+,57+,59+,60+,61+,106?,107?/m0/s1. The van der Waals surface area contributed by atoms with E-state index < -0.39 is 134 Å². The predicted molar refractivity (Wildman–Crippen MR) is 396 cm³/mol. The Labute approximate surface area is 631 Å². The number of aryl methyl sites for hydroxylation is 1. The molecule has 109 heavy (non-hydrogen) atoms. The number of aromatic amines is 2. The van der Waals surface area contributed by atoms with Gasteiger partial charge in [0.15, 0.2) is 11.2 Å². The lowest BCUT2D eigenvalue weighted by molar-refractivity contribution is -0.153. The van der Waals surface area contributed by atoms with Crippen LogP contribution < -0.4 is 42.6 Å². The molecule has 0 saturated carbocycles. The number of fused-ring (bicyclic) bond motifs is 1. The number of amides is 2. The van der Waals surface area contributed by atoms with Gasteiger partial charge in [0.1, 0.15) is 84.0 Å². The van der Waals surface area contributed by atoms with Gasteiger partial charge in [-0.05, 0) is 95.8 Å². The lowest BCUT2D eigenvalue weighted by Gasteiger charge is -2.37. The van der Waals surface area contributed by atoms with Gasteiger partial charge in [0.25, 0.3) is 17.0 Å². The van der Waals surface area contributed by atoms with E-state index in [0.29, 0.717) is 56.5 Å². The lowest BCUT2D eigenvalue weighted by atomic mass is 9.80. The molecule has 4 aromatic heterocycles. The van der Waals surface area contributed by atoms with Gasteiger partial charge in [-0.15, -0.1) is 0 Å². The number of ketones is 1. The number of imidazole rings is 1. The van der Waals surface area contributed by atoms with E-state index in [1.54, 1.807) is 68.4 Å². The van der Waals surface area contributed by atoms with Gasteiger partial charge in [-0.2, -0.15) is 20.5 Å². The van der Waals surface area contributed by atoms with E-state index in [1.807, 2.05) is 66.7 Å². The number of H-pyrrole nitrogens is 2. The maximum atomic E-state index is 16.1. The van der Waals surface area contributed by atoms with Crippen molar-refractivity contribution >= 4 is 82.9 Å². The molecule has 3 fully saturated rings. The fourth-order valence-corrected chi connectivity index (χ4v) is 18.9. The van der Waals surface area contributed by atoms with Crippen molar-refractivity contribution in [3.63, 3.8) is 0 Å². The van der Waals surface area contributed by atoms with E-state index in [9.17, 15) is 48.9 Å². The normalized spacial score (nSPS) is 20.9. The number of methoxy groups -OCH3 is 2. The summed E-state index contributed by atoms with van der Waals surface area (Å²) in [5, 5.41) is 24.9. The van der Waals surface area contributed by atoms with Crippen LogP contribution in [0.25, 0.3) is 11.2 Å². The van der Waals surface area contributed by atoms with E-state index in [2.05, 4.69) is 35.6 Å². The van der Waals surface area contributed by atoms with Gasteiger partial charge in [0.2, 0.25) is 11.9 Å². The molecule has 11 rings (SSSR count). The van der Waals surface area contributed by atoms with Crippen LogP contribution in [0.2, 0.25) is 0 Å². The van der Waals surface area contributed by atoms with Gasteiger partial charge in [-0.1, -0.05) is 86.6 Å². The van der Waals surface area contributed by atoms with E-state index >= 15 is 9.13 Å². The van der Waals surface area contributed by atoms with Crippen molar-refractivity contribution < 1.29 is 79.6 Å². The number of Topliss-reactive ketones (excluding diaryl/α,β-unsaturated/α-hetero) is 1. The van der Waals surface area contributed by atoms with Gasteiger partial charge in [-0.3, -0.25) is 71.1 Å². The van der Waals surface area contributed by atoms with Crippen LogP contribution in [0.3, 0.4) is 0 Å². The number of hydrogen-bond donors (Lipinski definition) is 4. The highest BCUT2D eigenvalue weighted by molar-refractivity contribution is 8.55. The van der Waals surface area contributed by atoms with Crippen LogP contribution in [0.1, 0.15) is 117 Å². The van der Waals surface area contributed by atoms with Crippen molar-refractivity contribution in [1.82, 2.24) is 38.6 Å². The van der Waals surface area contributed by atoms with Crippen LogP contribution in [0, 0.1) is 35.5 Å². The SMILES string of the molecule is COc1ccc(C(OC[C@H]2O[C@@H](n3ccc(NC(=O)c4ccccc4)nc3=O)C[C@@H]2OP(=O)(OC[C@H]2O[C@@H](n3cnc4c(=O)[nH]c(NC(=O)C(C)C)nc43)C[C@@H]2OP(=O)(OC[C@H]2O[C@@H](n3cc(C)c(=O)[nH]c3=O)C[C@@H]2OC(=O)CCC(C)=O)SCCC#N)SCCC#N)(c2ccccc2)c2ccc(OC)cc2)cc1. The molecule has 8 aromatic rings. The zero-order valence-corrected chi connectivity index (χ0v) is 63.2. The molecule has 7 heterocycles. The molecular weight excluding hydrogens is 1490 g/mol. The van der Waals surface area contributed by atoms with Crippen LogP contribution in [0.5, 0.6) is 11.5 Å². The third-order valence-electron chi connectivity index (χ3n) is 17.8. The maximum Gasteiger partial charge on any atom is 0.389 e. The number of nitrogens with zero attached hydrogens (tertiary/aromatic N) is 8. The summed E-state index contributed by atoms with van der Waals surface area (Å²) in [4.78, 5) is 123. The molecule has 2 amide bonds. The highest BCUT2D eigenvalue weighted by Gasteiger charge is 2.50. The summed E-state index contributed by atoms with van der Waals surface area (Å²) in [5.41, 5.74) is -2.50. The molecule has 0 bridgehead atoms. The average molecular weight is 1570 g/mol. The number of benzene rings is 4. The van der Waals surface area contributed by atoms with Crippen LogP contribution in [0.15, 0.2) is 153 Å². The van der Waals surface area contributed by atoms with E-state index in [0.717, 1.165) is 4.57 Å². The van der Waals surface area contributed by atoms with Gasteiger partial charge in [-0.25, -0.2) is 23.7 Å². The average Bonchev–Trinajstić information content (AvgIpc) is 1.41. The first-order valence-corrected chi connectivity index (χ1v) is 40.8. The highest BCUT2D eigenvalue weighted by atomic mass is 32.7. The minimum Gasteiger partial charge on any atom is -0.497 e. The molecule has 37 heteroatoms. The van der Waals surface area contributed by atoms with E-state index in [1.165, 1.54) is 62.0 Å². The Morgan fingerprint density at radius 2 is 1.19 bits per heavy atom. The van der Waals surface area contributed by atoms with Crippen LogP contribution in [0.4, 0.5) is 11.8 Å². The summed E-state index contributed by atoms with van der Waals surface area (Å²) in [6.45, 7) is -5.19. The van der Waals surface area contributed by atoms with Crippen LogP contribution >= 0.6 is 36.4 Å². The highest BCUT2D eigenvalue weighted by Crippen LogP contribution is 2.65. The zero-order chi connectivity index (χ0) is 77.6. The smallest absolute Gasteiger partial charge is 0.389 e. The third-order valence-corrected chi connectivity index (χ3v) is 25.3. The molecule has 3 aliphatic rings. The third kappa shape index (κ3) is 19.7. The van der Waals surface area contributed by atoms with E-state index in [-0.39, 0.29) is 97.3 Å². The summed E-state index contributed by atoms with van der Waals surface area (Å²) >= 11 is 1.26. The molecule has 0 aliphatic carbocycles. The molecule has 0 radical (unpaired) electrons. The van der Waals surface area contributed by atoms with E-state index in [4.69, 9.17) is 51.3 Å². The molecular formula is C72H78N12O21P2S2. The van der Waals surface area contributed by atoms with Gasteiger partial charge < -0.3 is 43.3 Å². The van der Waals surface area contributed by atoms with Crippen molar-refractivity contribution in [2.45, 2.75) is 134 Å². The molecule has 574 valence electrons. The Morgan fingerprint density at radius 3 is 1.74 bits per heavy atom. The summed E-state index contributed by atoms with van der Waals surface area (Å²) in [7, 11) is 3.08. The van der Waals surface area contributed by atoms with Crippen LogP contribution in [-0.4, -0.2) is 144 Å². The Morgan fingerprint density at radius 1 is 0.661 bits per heavy atom. The van der Waals surface area contributed by atoms with Crippen molar-refractivity contribution in [3.05, 3.63) is 203 Å². The number of nitrogens with one attached hydrogen (secondary N) is 4. The minimum absolute atomic E-state index is 0.0728. The molecule has 33 nitrogen and oxygen atoms in total. The number of rotatable bonds is 35. The summed E-state index contributed by atoms with van der Waals surface area (Å²) < 4.78 is 106. The number of carbonyl (C=O) groups excluding carboxylic acids is 4. The number of hydrogen-bond acceptors (Lipinski definition) is 28. The number of ether oxygens (including phenoxy) is 7. The second kappa shape index (κ2) is 36.2. The molecule has 4 aromatic carbocycles. The van der Waals surface area contributed by atoms with Crippen LogP contribution in [-0.2, 0) is 70.9 Å². The minimum atomic E-state index is -4.74. The van der Waals surface area contributed by atoms with Crippen molar-refractivity contribution in [2.75, 3.05) is 56.2 Å². The second-order valence-corrected chi connectivity index (χ2v) is 33.9. The molecule has 3 saturated heterocycles. The number of aromatic nitrogens is 8. The first-order valence-electron chi connectivity index (χ1n) is 34.5. The number of esters is 1. The van der Waals surface area contributed by atoms with Gasteiger partial charge in [0.05, 0.1) is 58.9 Å². The van der Waals surface area contributed by atoms with Crippen molar-refractivity contribution in [1.29, 1.82) is 10.5 Å². The Kier molecular flexibility index (Phi) is 26.7. The Hall–Kier alpha value is -9.71. The monoisotopic (exact) mass is 1570 g/mol. The lowest BCUT2D eigenvalue weighted by Crippen LogP contribution is -2.38.